The maximum absolute atomic E-state index is 12.8. The Morgan fingerprint density at radius 3 is 2.42 bits per heavy atom. The molecule has 2 aromatic carbocycles. The van der Waals surface area contributed by atoms with E-state index in [1.807, 2.05) is 30.2 Å². The molecule has 3 heteroatoms. The van der Waals surface area contributed by atoms with Gasteiger partial charge in [-0.3, -0.25) is 0 Å². The lowest BCUT2D eigenvalue weighted by Gasteiger charge is -2.01. The van der Waals surface area contributed by atoms with Crippen molar-refractivity contribution in [3.05, 3.63) is 76.0 Å². The summed E-state index contributed by atoms with van der Waals surface area (Å²) in [5.74, 6) is 1.63. The summed E-state index contributed by atoms with van der Waals surface area (Å²) in [6.07, 6.45) is 3.42. The van der Waals surface area contributed by atoms with Crippen LogP contribution < -0.4 is 0 Å². The fraction of sp³-hybridized carbons (Fsp3) is 0. The molecule has 2 rings (SSSR count). The van der Waals surface area contributed by atoms with Gasteiger partial charge in [0.1, 0.15) is 11.8 Å². The molecule has 0 fully saturated rings. The van der Waals surface area contributed by atoms with Crippen LogP contribution in [-0.2, 0) is 4.79 Å². The predicted molar refractivity (Wildman–Crippen MR) is 78.7 cm³/mol. The van der Waals surface area contributed by atoms with E-state index in [1.165, 1.54) is 12.1 Å². The van der Waals surface area contributed by atoms with Crippen molar-refractivity contribution in [3.63, 3.8) is 0 Å². The zero-order valence-electron chi connectivity index (χ0n) is 9.94. The molecule has 0 bridgehead atoms. The van der Waals surface area contributed by atoms with Gasteiger partial charge in [-0.25, -0.2) is 9.18 Å². The van der Waals surface area contributed by atoms with Crippen molar-refractivity contribution in [2.24, 2.45) is 0 Å². The molecule has 0 aliphatic heterocycles. The van der Waals surface area contributed by atoms with E-state index in [4.69, 9.17) is 0 Å². The third-order valence-corrected chi connectivity index (χ3v) is 3.28. The molecule has 0 saturated heterocycles. The molecule has 0 aliphatic rings. The third kappa shape index (κ3) is 3.50. The van der Waals surface area contributed by atoms with Crippen molar-refractivity contribution in [1.82, 2.24) is 0 Å². The van der Waals surface area contributed by atoms with Gasteiger partial charge in [-0.2, -0.15) is 0 Å². The summed E-state index contributed by atoms with van der Waals surface area (Å²) in [4.78, 5) is 11.0. The van der Waals surface area contributed by atoms with Crippen LogP contribution in [0.2, 0.25) is 0 Å². The number of carbonyl (C=O) groups excluding carboxylic acids is 1. The average molecular weight is 317 g/mol. The Kier molecular flexibility index (Phi) is 4.45. The zero-order valence-corrected chi connectivity index (χ0v) is 11.5. The quantitative estimate of drug-likeness (QED) is 0.601. The molecule has 0 saturated carbocycles. The highest BCUT2D eigenvalue weighted by Gasteiger charge is 2.03. The van der Waals surface area contributed by atoms with Crippen molar-refractivity contribution in [2.45, 2.75) is 0 Å². The number of allylic oxidation sites excluding steroid dienone is 2. The van der Waals surface area contributed by atoms with E-state index in [1.54, 1.807) is 24.3 Å². The molecule has 2 aromatic rings. The molecular formula is C16H10BrFO. The first-order chi connectivity index (χ1) is 9.20. The maximum Gasteiger partial charge on any atom is 0.133 e. The second-order valence-electron chi connectivity index (χ2n) is 3.88. The molecule has 0 aromatic heterocycles. The van der Waals surface area contributed by atoms with E-state index in [9.17, 15) is 9.18 Å². The molecule has 94 valence electrons. The molecule has 0 N–H and O–H groups in total. The van der Waals surface area contributed by atoms with Crippen LogP contribution in [0.15, 0.2) is 59.1 Å². The largest absolute Gasteiger partial charge is 0.233 e. The van der Waals surface area contributed by atoms with Gasteiger partial charge in [0.2, 0.25) is 0 Å². The normalized spacial score (nSPS) is 10.4. The Balaban J connectivity index is 2.28. The minimum atomic E-state index is -0.283. The third-order valence-electron chi connectivity index (χ3n) is 2.59. The molecule has 0 unspecified atom stereocenters. The minimum Gasteiger partial charge on any atom is -0.233 e. The summed E-state index contributed by atoms with van der Waals surface area (Å²) < 4.78 is 13.6. The van der Waals surface area contributed by atoms with Gasteiger partial charge >= 0.3 is 0 Å². The number of benzene rings is 2. The fourth-order valence-electron chi connectivity index (χ4n) is 1.61. The van der Waals surface area contributed by atoms with E-state index >= 15 is 0 Å². The topological polar surface area (TPSA) is 17.1 Å². The molecule has 0 atom stereocenters. The lowest BCUT2D eigenvalue weighted by atomic mass is 10.1. The number of rotatable bonds is 3. The maximum atomic E-state index is 12.8. The van der Waals surface area contributed by atoms with Crippen molar-refractivity contribution in [1.29, 1.82) is 0 Å². The van der Waals surface area contributed by atoms with Crippen LogP contribution in [0, 0.1) is 5.82 Å². The Hall–Kier alpha value is -1.96. The summed E-state index contributed by atoms with van der Waals surface area (Å²) in [5, 5.41) is 0. The molecule has 19 heavy (non-hydrogen) atoms. The molecule has 0 aliphatic carbocycles. The van der Waals surface area contributed by atoms with Gasteiger partial charge in [0, 0.05) is 10.0 Å². The Morgan fingerprint density at radius 2 is 1.79 bits per heavy atom. The zero-order chi connectivity index (χ0) is 13.7. The van der Waals surface area contributed by atoms with Crippen LogP contribution >= 0.6 is 15.9 Å². The van der Waals surface area contributed by atoms with E-state index in [0.717, 1.165) is 15.6 Å². The average Bonchev–Trinajstić information content (AvgIpc) is 2.43. The van der Waals surface area contributed by atoms with E-state index in [-0.39, 0.29) is 5.82 Å². The van der Waals surface area contributed by atoms with Crippen LogP contribution in [-0.4, -0.2) is 5.94 Å². The van der Waals surface area contributed by atoms with Crippen LogP contribution in [0.4, 0.5) is 4.39 Å². The van der Waals surface area contributed by atoms with Gasteiger partial charge < -0.3 is 0 Å². The van der Waals surface area contributed by atoms with Crippen LogP contribution in [0.3, 0.4) is 0 Å². The number of hydrogen-bond acceptors (Lipinski definition) is 1. The minimum absolute atomic E-state index is 0.283. The first kappa shape index (κ1) is 13.5. The fourth-order valence-corrected chi connectivity index (χ4v) is 2.11. The lowest BCUT2D eigenvalue weighted by molar-refractivity contribution is 0.569. The standard InChI is InChI=1S/C16H10BrFO/c17-16-4-2-1-3-15(16)13(11-19)8-5-12-6-9-14(18)10-7-12/h1-10H/b8-5+. The Labute approximate surface area is 119 Å². The van der Waals surface area contributed by atoms with Gasteiger partial charge in [0.05, 0.1) is 5.57 Å². The van der Waals surface area contributed by atoms with Gasteiger partial charge in [-0.1, -0.05) is 52.3 Å². The van der Waals surface area contributed by atoms with Crippen LogP contribution in [0.25, 0.3) is 11.6 Å². The molecule has 1 nitrogen and oxygen atoms in total. The van der Waals surface area contributed by atoms with Crippen molar-refractivity contribution < 1.29 is 9.18 Å². The molecule has 0 radical (unpaired) electrons. The highest BCUT2D eigenvalue weighted by molar-refractivity contribution is 9.10. The number of hydrogen-bond donors (Lipinski definition) is 0. The van der Waals surface area contributed by atoms with Gasteiger partial charge in [0.25, 0.3) is 0 Å². The lowest BCUT2D eigenvalue weighted by Crippen LogP contribution is -1.83. The second kappa shape index (κ2) is 6.28. The van der Waals surface area contributed by atoms with Gasteiger partial charge in [-0.15, -0.1) is 0 Å². The predicted octanol–water partition coefficient (Wildman–Crippen LogP) is 4.52. The first-order valence-electron chi connectivity index (χ1n) is 5.64. The van der Waals surface area contributed by atoms with Crippen molar-refractivity contribution >= 4 is 33.5 Å². The molecule has 0 spiro atoms. The Morgan fingerprint density at radius 1 is 1.11 bits per heavy atom. The highest BCUT2D eigenvalue weighted by Crippen LogP contribution is 2.23. The summed E-state index contributed by atoms with van der Waals surface area (Å²) in [6.45, 7) is 0. The van der Waals surface area contributed by atoms with Crippen molar-refractivity contribution in [3.8, 4) is 0 Å². The summed E-state index contributed by atoms with van der Waals surface area (Å²) in [5.41, 5.74) is 2.04. The molecule has 0 heterocycles. The smallest absolute Gasteiger partial charge is 0.133 e. The first-order valence-corrected chi connectivity index (χ1v) is 6.43. The Bertz CT molecular complexity index is 653. The summed E-state index contributed by atoms with van der Waals surface area (Å²) >= 11 is 3.39. The monoisotopic (exact) mass is 316 g/mol. The second-order valence-corrected chi connectivity index (χ2v) is 4.73. The summed E-state index contributed by atoms with van der Waals surface area (Å²) in [6, 6.07) is 13.5. The van der Waals surface area contributed by atoms with Gasteiger partial charge in [-0.05, 0) is 29.8 Å². The molecular weight excluding hydrogens is 307 g/mol. The van der Waals surface area contributed by atoms with Gasteiger partial charge in [0.15, 0.2) is 0 Å². The van der Waals surface area contributed by atoms with E-state index in [2.05, 4.69) is 15.9 Å². The highest BCUT2D eigenvalue weighted by atomic mass is 79.9. The van der Waals surface area contributed by atoms with Crippen molar-refractivity contribution in [2.75, 3.05) is 0 Å². The van der Waals surface area contributed by atoms with E-state index < -0.39 is 0 Å². The van der Waals surface area contributed by atoms with Crippen LogP contribution in [0.1, 0.15) is 11.1 Å². The van der Waals surface area contributed by atoms with E-state index in [0.29, 0.717) is 5.57 Å². The molecule has 0 amide bonds. The van der Waals surface area contributed by atoms with Crippen LogP contribution in [0.5, 0.6) is 0 Å². The SMILES string of the molecule is O=C=C(/C=C/c1ccc(F)cc1)c1ccccc1Br. The number of halogens is 2. The summed E-state index contributed by atoms with van der Waals surface area (Å²) in [7, 11) is 0.